The summed E-state index contributed by atoms with van der Waals surface area (Å²) in [6.45, 7) is 3.16. The van der Waals surface area contributed by atoms with Crippen LogP contribution < -0.4 is 5.84 Å². The Morgan fingerprint density at radius 3 is 3.00 bits per heavy atom. The predicted molar refractivity (Wildman–Crippen MR) is 54.0 cm³/mol. The Hall–Kier alpha value is -0.910. The summed E-state index contributed by atoms with van der Waals surface area (Å²) in [5, 5.41) is 1.23. The van der Waals surface area contributed by atoms with Crippen molar-refractivity contribution in [3.8, 4) is 0 Å². The summed E-state index contributed by atoms with van der Waals surface area (Å²) in [7, 11) is 0. The van der Waals surface area contributed by atoms with Gasteiger partial charge in [-0.1, -0.05) is 0 Å². The quantitative estimate of drug-likeness (QED) is 0.348. The predicted octanol–water partition coefficient (Wildman–Crippen LogP) is 0.771. The van der Waals surface area contributed by atoms with Crippen LogP contribution in [0.2, 0.25) is 0 Å². The molecule has 1 aromatic heterocycles. The minimum absolute atomic E-state index is 0.126. The molecule has 0 aliphatic carbocycles. The molecule has 1 fully saturated rings. The molecule has 1 atom stereocenters. The number of nitrogens with two attached hydrogens (primary N) is 1. The average Bonchev–Trinajstić information content (AvgIpc) is 2.85. The van der Waals surface area contributed by atoms with E-state index in [1.165, 1.54) is 16.3 Å². The van der Waals surface area contributed by atoms with Crippen molar-refractivity contribution < 1.29 is 9.53 Å². The molecule has 76 valence electrons. The van der Waals surface area contributed by atoms with Crippen LogP contribution in [0.1, 0.15) is 14.5 Å². The molecule has 0 spiro atoms. The van der Waals surface area contributed by atoms with Crippen LogP contribution in [-0.4, -0.2) is 30.2 Å². The maximum absolute atomic E-state index is 11.7. The van der Waals surface area contributed by atoms with E-state index in [4.69, 9.17) is 10.6 Å². The lowest BCUT2D eigenvalue weighted by atomic mass is 10.4. The van der Waals surface area contributed by atoms with E-state index in [0.717, 1.165) is 4.88 Å². The number of ether oxygens (including phenoxy) is 1. The molecule has 0 radical (unpaired) electrons. The van der Waals surface area contributed by atoms with Crippen LogP contribution in [0.3, 0.4) is 0 Å². The lowest BCUT2D eigenvalue weighted by Crippen LogP contribution is -2.39. The molecule has 1 aliphatic heterocycles. The maximum Gasteiger partial charge on any atom is 0.277 e. The second kappa shape index (κ2) is 3.68. The first-order chi connectivity index (χ1) is 6.66. The molecule has 1 aliphatic rings. The van der Waals surface area contributed by atoms with Gasteiger partial charge in [0.1, 0.15) is 6.10 Å². The van der Waals surface area contributed by atoms with Gasteiger partial charge < -0.3 is 4.74 Å². The fourth-order valence-electron chi connectivity index (χ4n) is 1.17. The van der Waals surface area contributed by atoms with Crippen molar-refractivity contribution in [3.05, 3.63) is 21.9 Å². The third-order valence-electron chi connectivity index (χ3n) is 2.01. The molecule has 1 amide bonds. The number of aryl methyl sites for hydroxylation is 1. The first kappa shape index (κ1) is 9.64. The van der Waals surface area contributed by atoms with Crippen LogP contribution in [0.5, 0.6) is 0 Å². The fraction of sp³-hybridized carbons (Fsp3) is 0.444. The lowest BCUT2D eigenvalue weighted by Gasteiger charge is -2.13. The molecule has 2 rings (SSSR count). The average molecular weight is 212 g/mol. The standard InChI is InChI=1S/C9H12N2O2S/c1-6-2-3-8(14-6)9(12)11(10)4-7-5-13-7/h2-3,7H,4-5,10H2,1H3. The summed E-state index contributed by atoms with van der Waals surface area (Å²) in [5.41, 5.74) is 0. The largest absolute Gasteiger partial charge is 0.371 e. The van der Waals surface area contributed by atoms with E-state index in [1.54, 1.807) is 6.07 Å². The van der Waals surface area contributed by atoms with E-state index in [2.05, 4.69) is 0 Å². The highest BCUT2D eigenvalue weighted by Crippen LogP contribution is 2.17. The number of rotatable bonds is 3. The van der Waals surface area contributed by atoms with Gasteiger partial charge in [-0.05, 0) is 19.1 Å². The molecular formula is C9H12N2O2S. The van der Waals surface area contributed by atoms with Crippen LogP contribution >= 0.6 is 11.3 Å². The van der Waals surface area contributed by atoms with Crippen molar-refractivity contribution in [3.63, 3.8) is 0 Å². The molecule has 1 aromatic rings. The minimum atomic E-state index is -0.126. The Morgan fingerprint density at radius 2 is 2.50 bits per heavy atom. The topological polar surface area (TPSA) is 58.9 Å². The summed E-state index contributed by atoms with van der Waals surface area (Å²) in [6.07, 6.45) is 0.144. The molecule has 0 bridgehead atoms. The van der Waals surface area contributed by atoms with Crippen molar-refractivity contribution in [1.82, 2.24) is 5.01 Å². The number of carbonyl (C=O) groups excluding carboxylic acids is 1. The van der Waals surface area contributed by atoms with E-state index < -0.39 is 0 Å². The van der Waals surface area contributed by atoms with Gasteiger partial charge in [0, 0.05) is 4.88 Å². The normalized spacial score (nSPS) is 19.4. The van der Waals surface area contributed by atoms with Crippen molar-refractivity contribution in [2.45, 2.75) is 13.0 Å². The van der Waals surface area contributed by atoms with Crippen LogP contribution in [-0.2, 0) is 4.74 Å². The molecule has 0 aromatic carbocycles. The van der Waals surface area contributed by atoms with Gasteiger partial charge >= 0.3 is 0 Å². The number of hydrazine groups is 1. The molecular weight excluding hydrogens is 200 g/mol. The molecule has 2 heterocycles. The molecule has 4 nitrogen and oxygen atoms in total. The number of nitrogens with zero attached hydrogens (tertiary/aromatic N) is 1. The van der Waals surface area contributed by atoms with E-state index in [1.807, 2.05) is 13.0 Å². The van der Waals surface area contributed by atoms with Gasteiger partial charge in [0.15, 0.2) is 0 Å². The van der Waals surface area contributed by atoms with Crippen molar-refractivity contribution in [1.29, 1.82) is 0 Å². The smallest absolute Gasteiger partial charge is 0.277 e. The monoisotopic (exact) mass is 212 g/mol. The number of epoxide rings is 1. The Morgan fingerprint density at radius 1 is 1.79 bits per heavy atom. The second-order valence-corrected chi connectivity index (χ2v) is 4.61. The van der Waals surface area contributed by atoms with Gasteiger partial charge in [-0.25, -0.2) is 5.84 Å². The molecule has 0 saturated carbocycles. The van der Waals surface area contributed by atoms with E-state index in [9.17, 15) is 4.79 Å². The first-order valence-electron chi connectivity index (χ1n) is 4.41. The highest BCUT2D eigenvalue weighted by atomic mass is 32.1. The third kappa shape index (κ3) is 2.12. The van der Waals surface area contributed by atoms with Gasteiger partial charge in [-0.15, -0.1) is 11.3 Å². The van der Waals surface area contributed by atoms with Gasteiger partial charge in [0.25, 0.3) is 5.91 Å². The van der Waals surface area contributed by atoms with Gasteiger partial charge in [0.2, 0.25) is 0 Å². The van der Waals surface area contributed by atoms with Crippen molar-refractivity contribution in [2.24, 2.45) is 5.84 Å². The zero-order valence-electron chi connectivity index (χ0n) is 7.90. The van der Waals surface area contributed by atoms with Gasteiger partial charge in [-0.3, -0.25) is 9.80 Å². The summed E-state index contributed by atoms with van der Waals surface area (Å²) in [4.78, 5) is 13.5. The Balaban J connectivity index is 1.99. The van der Waals surface area contributed by atoms with Crippen LogP contribution in [0, 0.1) is 6.92 Å². The summed E-state index contributed by atoms with van der Waals surface area (Å²) in [5.74, 6) is 5.48. The summed E-state index contributed by atoms with van der Waals surface area (Å²) < 4.78 is 5.00. The van der Waals surface area contributed by atoms with E-state index in [-0.39, 0.29) is 12.0 Å². The zero-order valence-corrected chi connectivity index (χ0v) is 8.71. The number of amides is 1. The molecule has 1 unspecified atom stereocenters. The Bertz CT molecular complexity index is 346. The minimum Gasteiger partial charge on any atom is -0.371 e. The van der Waals surface area contributed by atoms with Gasteiger partial charge in [0.05, 0.1) is 18.0 Å². The molecule has 5 heteroatoms. The number of hydrogen-bond acceptors (Lipinski definition) is 4. The number of hydrogen-bond donors (Lipinski definition) is 1. The highest BCUT2D eigenvalue weighted by molar-refractivity contribution is 7.13. The van der Waals surface area contributed by atoms with E-state index >= 15 is 0 Å². The van der Waals surface area contributed by atoms with Crippen molar-refractivity contribution in [2.75, 3.05) is 13.2 Å². The first-order valence-corrected chi connectivity index (χ1v) is 5.23. The van der Waals surface area contributed by atoms with Gasteiger partial charge in [-0.2, -0.15) is 0 Å². The van der Waals surface area contributed by atoms with Crippen LogP contribution in [0.25, 0.3) is 0 Å². The van der Waals surface area contributed by atoms with Crippen LogP contribution in [0.4, 0.5) is 0 Å². The Labute approximate surface area is 86.2 Å². The van der Waals surface area contributed by atoms with Crippen LogP contribution in [0.15, 0.2) is 12.1 Å². The summed E-state index contributed by atoms with van der Waals surface area (Å²) in [6, 6.07) is 3.72. The number of carbonyl (C=O) groups is 1. The fourth-order valence-corrected chi connectivity index (χ4v) is 1.99. The summed E-state index contributed by atoms with van der Waals surface area (Å²) >= 11 is 1.46. The number of thiophene rings is 1. The second-order valence-electron chi connectivity index (χ2n) is 3.32. The zero-order chi connectivity index (χ0) is 10.1. The maximum atomic E-state index is 11.7. The SMILES string of the molecule is Cc1ccc(C(=O)N(N)CC2CO2)s1. The van der Waals surface area contributed by atoms with E-state index in [0.29, 0.717) is 18.0 Å². The highest BCUT2D eigenvalue weighted by Gasteiger charge is 2.27. The molecule has 2 N–H and O–H groups in total. The third-order valence-corrected chi connectivity index (χ3v) is 3.00. The Kier molecular flexibility index (Phi) is 2.54. The molecule has 14 heavy (non-hydrogen) atoms. The lowest BCUT2D eigenvalue weighted by molar-refractivity contribution is 0.0747. The van der Waals surface area contributed by atoms with Crippen molar-refractivity contribution >= 4 is 17.2 Å². The molecule has 1 saturated heterocycles.